The van der Waals surface area contributed by atoms with Crippen molar-refractivity contribution in [3.63, 3.8) is 0 Å². The molecular weight excluding hydrogens is 397 g/mol. The third-order valence-corrected chi connectivity index (χ3v) is 5.31. The number of aryl methyl sites for hydroxylation is 1. The molecule has 1 N–H and O–H groups in total. The number of aromatic nitrogens is 6. The third kappa shape index (κ3) is 3.22. The van der Waals surface area contributed by atoms with E-state index in [9.17, 15) is 4.39 Å². The van der Waals surface area contributed by atoms with E-state index < -0.39 is 5.82 Å². The van der Waals surface area contributed by atoms with Crippen LogP contribution in [0.1, 0.15) is 17.4 Å². The normalized spacial score (nSPS) is 17.2. The first-order valence-corrected chi connectivity index (χ1v) is 9.50. The number of hydrogen-bond acceptors (Lipinski definition) is 6. The summed E-state index contributed by atoms with van der Waals surface area (Å²) in [5, 5.41) is 7.05. The van der Waals surface area contributed by atoms with Gasteiger partial charge in [0, 0.05) is 42.8 Å². The van der Waals surface area contributed by atoms with Gasteiger partial charge in [0.25, 0.3) is 0 Å². The fourth-order valence-electron chi connectivity index (χ4n) is 3.52. The maximum Gasteiger partial charge on any atom is 0.180 e. The zero-order valence-electron chi connectivity index (χ0n) is 15.5. The SMILES string of the molecule is Cc1[nH]ncc1C1CN(c2ccnc(-c3cnc4cc(F)c(Cl)cn34)n2)CCO1. The number of halogens is 2. The molecule has 0 aliphatic carbocycles. The van der Waals surface area contributed by atoms with Crippen molar-refractivity contribution in [3.8, 4) is 11.5 Å². The van der Waals surface area contributed by atoms with Gasteiger partial charge in [0.1, 0.15) is 29.1 Å². The number of nitrogens with zero attached hydrogens (tertiary/aromatic N) is 6. The summed E-state index contributed by atoms with van der Waals surface area (Å²) in [5.74, 6) is 0.757. The number of morpholine rings is 1. The van der Waals surface area contributed by atoms with Gasteiger partial charge in [-0.15, -0.1) is 0 Å². The molecule has 1 unspecified atom stereocenters. The summed E-state index contributed by atoms with van der Waals surface area (Å²) in [6.45, 7) is 3.93. The van der Waals surface area contributed by atoms with Crippen LogP contribution in [-0.2, 0) is 4.74 Å². The predicted molar refractivity (Wildman–Crippen MR) is 105 cm³/mol. The van der Waals surface area contributed by atoms with Gasteiger partial charge in [-0.3, -0.25) is 9.50 Å². The van der Waals surface area contributed by atoms with Crippen LogP contribution in [0.3, 0.4) is 0 Å². The molecule has 1 atom stereocenters. The van der Waals surface area contributed by atoms with Crippen molar-refractivity contribution in [2.75, 3.05) is 24.6 Å². The molecule has 0 spiro atoms. The molecule has 0 saturated carbocycles. The van der Waals surface area contributed by atoms with E-state index in [1.165, 1.54) is 12.3 Å². The van der Waals surface area contributed by atoms with E-state index in [0.29, 0.717) is 36.9 Å². The number of aromatic amines is 1. The molecule has 0 aromatic carbocycles. The lowest BCUT2D eigenvalue weighted by Gasteiger charge is -2.33. The molecule has 1 aliphatic heterocycles. The number of imidazole rings is 1. The molecule has 8 nitrogen and oxygen atoms in total. The number of rotatable bonds is 3. The average Bonchev–Trinajstić information content (AvgIpc) is 3.34. The fourth-order valence-corrected chi connectivity index (χ4v) is 3.67. The van der Waals surface area contributed by atoms with E-state index in [-0.39, 0.29) is 11.1 Å². The minimum atomic E-state index is -0.514. The molecule has 1 fully saturated rings. The third-order valence-electron chi connectivity index (χ3n) is 5.03. The Balaban J connectivity index is 1.47. The van der Waals surface area contributed by atoms with E-state index in [1.807, 2.05) is 13.0 Å². The maximum absolute atomic E-state index is 13.7. The number of nitrogens with one attached hydrogen (secondary N) is 1. The quantitative estimate of drug-likeness (QED) is 0.555. The van der Waals surface area contributed by atoms with Crippen molar-refractivity contribution < 1.29 is 9.13 Å². The molecular formula is C19H17ClFN7O. The topological polar surface area (TPSA) is 84.2 Å². The van der Waals surface area contributed by atoms with Crippen molar-refractivity contribution >= 4 is 23.1 Å². The minimum Gasteiger partial charge on any atom is -0.370 e. The van der Waals surface area contributed by atoms with Crippen LogP contribution in [0.2, 0.25) is 5.02 Å². The number of hydrogen-bond donors (Lipinski definition) is 1. The van der Waals surface area contributed by atoms with E-state index in [4.69, 9.17) is 21.3 Å². The standard InChI is InChI=1S/C19H17ClFN7O/c1-11-12(7-24-26-11)16-10-27(4-5-29-16)17-2-3-22-19(25-17)15-8-23-18-6-14(21)13(20)9-28(15)18/h2-3,6-9,16H,4-5,10H2,1H3,(H,24,26). The molecule has 4 aromatic heterocycles. The van der Waals surface area contributed by atoms with Crippen LogP contribution in [0.4, 0.5) is 10.2 Å². The number of ether oxygens (including phenoxy) is 1. The molecule has 0 amide bonds. The lowest BCUT2D eigenvalue weighted by atomic mass is 10.1. The Morgan fingerprint density at radius 1 is 1.31 bits per heavy atom. The lowest BCUT2D eigenvalue weighted by Crippen LogP contribution is -2.39. The van der Waals surface area contributed by atoms with Crippen LogP contribution in [0, 0.1) is 12.7 Å². The molecule has 4 aromatic rings. The molecule has 5 heterocycles. The van der Waals surface area contributed by atoms with Gasteiger partial charge in [-0.1, -0.05) is 11.6 Å². The lowest BCUT2D eigenvalue weighted by molar-refractivity contribution is 0.0391. The molecule has 148 valence electrons. The van der Waals surface area contributed by atoms with Crippen LogP contribution in [0.5, 0.6) is 0 Å². The first-order valence-electron chi connectivity index (χ1n) is 9.12. The Bertz CT molecular complexity index is 1190. The van der Waals surface area contributed by atoms with E-state index in [1.54, 1.807) is 23.0 Å². The molecule has 10 heteroatoms. The van der Waals surface area contributed by atoms with Gasteiger partial charge in [-0.2, -0.15) is 5.10 Å². The van der Waals surface area contributed by atoms with Crippen LogP contribution >= 0.6 is 11.6 Å². The summed E-state index contributed by atoms with van der Waals surface area (Å²) in [6, 6.07) is 3.15. The zero-order valence-corrected chi connectivity index (χ0v) is 16.3. The van der Waals surface area contributed by atoms with Crippen molar-refractivity contribution in [2.24, 2.45) is 0 Å². The molecule has 29 heavy (non-hydrogen) atoms. The smallest absolute Gasteiger partial charge is 0.180 e. The van der Waals surface area contributed by atoms with Gasteiger partial charge >= 0.3 is 0 Å². The molecule has 0 bridgehead atoms. The monoisotopic (exact) mass is 413 g/mol. The minimum absolute atomic E-state index is 0.0133. The van der Waals surface area contributed by atoms with Gasteiger partial charge in [0.15, 0.2) is 5.82 Å². The Hall–Kier alpha value is -3.04. The first-order chi connectivity index (χ1) is 14.1. The second-order valence-electron chi connectivity index (χ2n) is 6.84. The average molecular weight is 414 g/mol. The van der Waals surface area contributed by atoms with Crippen LogP contribution in [0.25, 0.3) is 17.2 Å². The number of H-pyrrole nitrogens is 1. The summed E-state index contributed by atoms with van der Waals surface area (Å²) in [6.07, 6.45) is 6.52. The highest BCUT2D eigenvalue weighted by Gasteiger charge is 2.25. The number of fused-ring (bicyclic) bond motifs is 1. The largest absolute Gasteiger partial charge is 0.370 e. The van der Waals surface area contributed by atoms with Crippen molar-refractivity contribution in [3.05, 3.63) is 59.0 Å². The van der Waals surface area contributed by atoms with Gasteiger partial charge in [0.05, 0.1) is 24.0 Å². The highest BCUT2D eigenvalue weighted by atomic mass is 35.5. The summed E-state index contributed by atoms with van der Waals surface area (Å²) in [4.78, 5) is 15.5. The van der Waals surface area contributed by atoms with E-state index in [0.717, 1.165) is 17.1 Å². The Morgan fingerprint density at radius 3 is 3.03 bits per heavy atom. The highest BCUT2D eigenvalue weighted by molar-refractivity contribution is 6.30. The predicted octanol–water partition coefficient (Wildman–Crippen LogP) is 3.19. The van der Waals surface area contributed by atoms with Crippen molar-refractivity contribution in [2.45, 2.75) is 13.0 Å². The van der Waals surface area contributed by atoms with Gasteiger partial charge in [0.2, 0.25) is 0 Å². The van der Waals surface area contributed by atoms with Crippen LogP contribution in [0.15, 0.2) is 36.9 Å². The summed E-state index contributed by atoms with van der Waals surface area (Å²) in [7, 11) is 0. The second kappa shape index (κ2) is 7.09. The van der Waals surface area contributed by atoms with Gasteiger partial charge in [-0.05, 0) is 13.0 Å². The number of pyridine rings is 1. The molecule has 1 saturated heterocycles. The van der Waals surface area contributed by atoms with E-state index >= 15 is 0 Å². The maximum atomic E-state index is 13.7. The first kappa shape index (κ1) is 18.0. The van der Waals surface area contributed by atoms with Crippen LogP contribution in [-0.4, -0.2) is 49.2 Å². The van der Waals surface area contributed by atoms with Gasteiger partial charge in [-0.25, -0.2) is 19.3 Å². The summed E-state index contributed by atoms with van der Waals surface area (Å²) in [5.41, 5.74) is 3.12. The summed E-state index contributed by atoms with van der Waals surface area (Å²) >= 11 is 5.94. The zero-order chi connectivity index (χ0) is 20.0. The van der Waals surface area contributed by atoms with E-state index in [2.05, 4.69) is 25.1 Å². The molecule has 1 aliphatic rings. The van der Waals surface area contributed by atoms with Crippen molar-refractivity contribution in [1.82, 2.24) is 29.5 Å². The Kier molecular flexibility index (Phi) is 4.40. The summed E-state index contributed by atoms with van der Waals surface area (Å²) < 4.78 is 21.3. The highest BCUT2D eigenvalue weighted by Crippen LogP contribution is 2.28. The van der Waals surface area contributed by atoms with Crippen molar-refractivity contribution in [1.29, 1.82) is 0 Å². The Morgan fingerprint density at radius 2 is 2.21 bits per heavy atom. The Labute approximate surface area is 170 Å². The fraction of sp³-hybridized carbons (Fsp3) is 0.263. The second-order valence-corrected chi connectivity index (χ2v) is 7.24. The molecule has 0 radical (unpaired) electrons. The number of anilines is 1. The van der Waals surface area contributed by atoms with Crippen LogP contribution < -0.4 is 4.90 Å². The van der Waals surface area contributed by atoms with Gasteiger partial charge < -0.3 is 9.64 Å². The molecule has 5 rings (SSSR count).